The number of aliphatic hydroxyl groups is 1. The molecule has 0 bridgehead atoms. The van der Waals surface area contributed by atoms with Gasteiger partial charge in [-0.25, -0.2) is 4.79 Å². The zero-order valence-electron chi connectivity index (χ0n) is 48.6. The maximum Gasteiger partial charge on any atom is 0.326 e. The van der Waals surface area contributed by atoms with E-state index in [4.69, 9.17) is 16.9 Å². The topological polar surface area (TPSA) is 510 Å². The highest BCUT2D eigenvalue weighted by molar-refractivity contribution is 5.99. The molecule has 19 N–H and O–H groups in total. The van der Waals surface area contributed by atoms with Crippen LogP contribution in [0.5, 0.6) is 0 Å². The molecule has 1 heterocycles. The normalized spacial score (nSPS) is 16.4. The molecule has 1 aromatic rings. The number of nitrogens with zero attached hydrogens (tertiary/aromatic N) is 1. The largest absolute Gasteiger partial charge is 0.481 e. The zero-order chi connectivity index (χ0) is 64.2. The van der Waals surface area contributed by atoms with Gasteiger partial charge in [-0.3, -0.25) is 62.9 Å². The maximum atomic E-state index is 14.5. The Labute approximate surface area is 491 Å². The van der Waals surface area contributed by atoms with Gasteiger partial charge < -0.3 is 89.8 Å². The first kappa shape index (κ1) is 72.6. The number of guanidine groups is 1. The number of aliphatic hydroxyl groups excluding tert-OH is 1. The number of nitrogens with two attached hydrogens (primary N) is 2. The molecule has 0 aliphatic carbocycles. The van der Waals surface area contributed by atoms with Gasteiger partial charge in [0.05, 0.1) is 25.5 Å². The third kappa shape index (κ3) is 25.9. The standard InChI is InChI=1S/C54H85N13O18/c1-7-29(6)43(51(82)59-32(17-18-40(69)70)45(76)60-33(53(84)85)15-11-19-58-54(56)57)66-49(80)38(26-68)65-50(81)39-16-12-20-67(39)52(83)37(22-28(4)5)64-48(79)36(25-42(73)74)63-46(77)34(21-27(2)3)62-47(78)35(23-30-13-9-8-10-14-30)61-44(75)31(55)24-41(71)72/h8-10,13-14,27-29,31-39,43,68H,7,11-12,15-26,55H2,1-6H3,(H,59,82)(H,60,76)(H,61,75)(H,62,78)(H,63,77)(H,64,79)(H,65,81)(H,66,80)(H,69,70)(H,71,72)(H,73,74)(H,84,85)(H4,56,57,58)/t29-,31-,32-,33-,34-,35-,36-,37-,38-,39-,43-/m0/s1. The first-order valence-electron chi connectivity index (χ1n) is 28.0. The summed E-state index contributed by atoms with van der Waals surface area (Å²) in [6.07, 6.45) is -2.69. The first-order valence-corrected chi connectivity index (χ1v) is 28.0. The summed E-state index contributed by atoms with van der Waals surface area (Å²) in [6.45, 7) is 9.06. The Hall–Kier alpha value is -8.48. The molecule has 1 saturated heterocycles. The van der Waals surface area contributed by atoms with Gasteiger partial charge in [-0.15, -0.1) is 0 Å². The van der Waals surface area contributed by atoms with Crippen molar-refractivity contribution in [3.63, 3.8) is 0 Å². The van der Waals surface area contributed by atoms with E-state index in [-0.39, 0.29) is 82.3 Å². The molecule has 0 spiro atoms. The van der Waals surface area contributed by atoms with Crippen LogP contribution in [0.15, 0.2) is 30.3 Å². The van der Waals surface area contributed by atoms with E-state index < -0.39 is 176 Å². The zero-order valence-corrected chi connectivity index (χ0v) is 48.6. The maximum absolute atomic E-state index is 14.5. The lowest BCUT2D eigenvalue weighted by Gasteiger charge is -2.32. The predicted molar refractivity (Wildman–Crippen MR) is 302 cm³/mol. The van der Waals surface area contributed by atoms with Crippen LogP contribution in [-0.4, -0.2) is 194 Å². The summed E-state index contributed by atoms with van der Waals surface area (Å²) < 4.78 is 0. The van der Waals surface area contributed by atoms with Crippen molar-refractivity contribution in [1.82, 2.24) is 52.8 Å². The van der Waals surface area contributed by atoms with Crippen LogP contribution in [0.2, 0.25) is 0 Å². The van der Waals surface area contributed by atoms with Gasteiger partial charge in [0, 0.05) is 25.9 Å². The fourth-order valence-electron chi connectivity index (χ4n) is 8.99. The van der Waals surface area contributed by atoms with Gasteiger partial charge in [-0.2, -0.15) is 0 Å². The van der Waals surface area contributed by atoms with Gasteiger partial charge in [0.1, 0.15) is 54.4 Å². The molecule has 1 aromatic carbocycles. The summed E-state index contributed by atoms with van der Waals surface area (Å²) in [4.78, 5) is 173. The van der Waals surface area contributed by atoms with E-state index >= 15 is 0 Å². The fraction of sp³-hybridized carbons (Fsp3) is 0.630. The summed E-state index contributed by atoms with van der Waals surface area (Å²) >= 11 is 0. The predicted octanol–water partition coefficient (Wildman–Crippen LogP) is -3.28. The minimum Gasteiger partial charge on any atom is -0.481 e. The van der Waals surface area contributed by atoms with Crippen LogP contribution in [-0.2, 0) is 68.7 Å². The van der Waals surface area contributed by atoms with E-state index in [2.05, 4.69) is 47.9 Å². The average Bonchev–Trinajstić information content (AvgIpc) is 3.31. The molecule has 0 saturated carbocycles. The van der Waals surface area contributed by atoms with Crippen molar-refractivity contribution in [2.45, 2.75) is 179 Å². The Kier molecular flexibility index (Phi) is 31.0. The molecule has 11 atom stereocenters. The second-order valence-electron chi connectivity index (χ2n) is 21.7. The molecular weight excluding hydrogens is 1120 g/mol. The Morgan fingerprint density at radius 2 is 1.13 bits per heavy atom. The van der Waals surface area contributed by atoms with Crippen LogP contribution in [0.3, 0.4) is 0 Å². The van der Waals surface area contributed by atoms with E-state index in [0.717, 1.165) is 4.90 Å². The molecule has 2 rings (SSSR count). The number of carbonyl (C=O) groups excluding carboxylic acids is 9. The number of amides is 9. The van der Waals surface area contributed by atoms with Crippen LogP contribution in [0.4, 0.5) is 0 Å². The van der Waals surface area contributed by atoms with Gasteiger partial charge in [-0.05, 0) is 68.3 Å². The molecule has 31 nitrogen and oxygen atoms in total. The van der Waals surface area contributed by atoms with E-state index in [1.165, 1.54) is 0 Å². The SMILES string of the molecule is CC[C@H](C)[C@H](NC(=O)[C@H](CO)NC(=O)[C@@H]1CCCN1C(=O)[C@H](CC(C)C)NC(=O)[C@H](CC(=O)O)NC(=O)[C@H](CC(C)C)NC(=O)[C@H](Cc1ccccc1)NC(=O)[C@@H](N)CC(=O)O)C(=O)N[C@@H](CCC(=O)O)C(=O)N[C@@H](CCCNC(=N)N)C(=O)O. The van der Waals surface area contributed by atoms with E-state index in [1.54, 1.807) is 71.9 Å². The molecule has 9 amide bonds. The van der Waals surface area contributed by atoms with Crippen molar-refractivity contribution in [1.29, 1.82) is 5.41 Å². The van der Waals surface area contributed by atoms with Gasteiger partial charge in [0.25, 0.3) is 0 Å². The minimum absolute atomic E-state index is 0.0289. The number of carbonyl (C=O) groups is 13. The van der Waals surface area contributed by atoms with Crippen molar-refractivity contribution in [3.8, 4) is 0 Å². The number of hydrogen-bond donors (Lipinski definition) is 17. The summed E-state index contributed by atoms with van der Waals surface area (Å²) in [6, 6.07) is -6.97. The van der Waals surface area contributed by atoms with Crippen molar-refractivity contribution >= 4 is 83.0 Å². The Bertz CT molecular complexity index is 2520. The van der Waals surface area contributed by atoms with Gasteiger partial charge in [-0.1, -0.05) is 78.3 Å². The third-order valence-electron chi connectivity index (χ3n) is 13.6. The van der Waals surface area contributed by atoms with Crippen molar-refractivity contribution in [2.75, 3.05) is 19.7 Å². The van der Waals surface area contributed by atoms with E-state index in [1.807, 2.05) is 0 Å². The molecule has 1 aliphatic heterocycles. The number of hydrogen-bond acceptors (Lipinski definition) is 16. The monoisotopic (exact) mass is 1200 g/mol. The van der Waals surface area contributed by atoms with Crippen LogP contribution in [0, 0.1) is 23.2 Å². The van der Waals surface area contributed by atoms with Gasteiger partial charge in [0.2, 0.25) is 53.2 Å². The van der Waals surface area contributed by atoms with Crippen LogP contribution >= 0.6 is 0 Å². The number of rotatable bonds is 38. The lowest BCUT2D eigenvalue weighted by Crippen LogP contribution is -2.61. The Balaban J connectivity index is 2.35. The van der Waals surface area contributed by atoms with Crippen LogP contribution in [0.25, 0.3) is 0 Å². The van der Waals surface area contributed by atoms with Crippen LogP contribution < -0.4 is 59.3 Å². The summed E-state index contributed by atoms with van der Waals surface area (Å²) in [5.41, 5.74) is 11.6. The number of nitrogens with one attached hydrogen (secondary N) is 10. The van der Waals surface area contributed by atoms with E-state index in [0.29, 0.717) is 5.56 Å². The molecule has 31 heteroatoms. The average molecular weight is 1200 g/mol. The fourth-order valence-corrected chi connectivity index (χ4v) is 8.99. The van der Waals surface area contributed by atoms with Crippen molar-refractivity contribution in [3.05, 3.63) is 35.9 Å². The molecular formula is C54H85N13O18. The summed E-state index contributed by atoms with van der Waals surface area (Å²) in [5.74, 6) is -16.3. The highest BCUT2D eigenvalue weighted by Crippen LogP contribution is 2.22. The summed E-state index contributed by atoms with van der Waals surface area (Å²) in [7, 11) is 0. The van der Waals surface area contributed by atoms with Crippen LogP contribution in [0.1, 0.15) is 118 Å². The molecule has 474 valence electrons. The smallest absolute Gasteiger partial charge is 0.326 e. The third-order valence-corrected chi connectivity index (χ3v) is 13.6. The second-order valence-corrected chi connectivity index (χ2v) is 21.7. The molecule has 85 heavy (non-hydrogen) atoms. The number of likely N-dealkylation sites (tertiary alicyclic amines) is 1. The lowest BCUT2D eigenvalue weighted by atomic mass is 9.97. The quantitative estimate of drug-likeness (QED) is 0.0175. The van der Waals surface area contributed by atoms with Gasteiger partial charge >= 0.3 is 23.9 Å². The number of benzene rings is 1. The lowest BCUT2D eigenvalue weighted by molar-refractivity contribution is -0.144. The molecule has 0 unspecified atom stereocenters. The van der Waals surface area contributed by atoms with E-state index in [9.17, 15) is 87.9 Å². The number of carboxylic acids is 4. The summed E-state index contributed by atoms with van der Waals surface area (Å²) in [5, 5.41) is 77.8. The molecule has 0 radical (unpaired) electrons. The Morgan fingerprint density at radius 3 is 1.68 bits per heavy atom. The Morgan fingerprint density at radius 1 is 0.612 bits per heavy atom. The minimum atomic E-state index is -1.86. The number of carboxylic acid groups (broad SMARTS) is 4. The molecule has 0 aromatic heterocycles. The second kappa shape index (κ2) is 36.3. The van der Waals surface area contributed by atoms with Crippen molar-refractivity contribution < 1.29 is 87.9 Å². The molecule has 1 fully saturated rings. The number of aliphatic carboxylic acids is 4. The highest BCUT2D eigenvalue weighted by atomic mass is 16.4. The highest BCUT2D eigenvalue weighted by Gasteiger charge is 2.41. The van der Waals surface area contributed by atoms with Gasteiger partial charge in [0.15, 0.2) is 5.96 Å². The molecule has 1 aliphatic rings. The van der Waals surface area contributed by atoms with Crippen molar-refractivity contribution in [2.24, 2.45) is 29.2 Å². The first-order chi connectivity index (χ1) is 39.9.